The second kappa shape index (κ2) is 8.98. The molecule has 0 bridgehead atoms. The largest absolute Gasteiger partial charge is 0.374 e. The normalized spacial score (nSPS) is 17.5. The number of nitrogens with zero attached hydrogens (tertiary/aromatic N) is 6. The molecule has 1 fully saturated rings. The Morgan fingerprint density at radius 2 is 2.03 bits per heavy atom. The average molecular weight is 414 g/mol. The number of nitrogens with one attached hydrogen (secondary N) is 1. The van der Waals surface area contributed by atoms with Gasteiger partial charge in [0.1, 0.15) is 5.82 Å². The summed E-state index contributed by atoms with van der Waals surface area (Å²) in [6.07, 6.45) is 3.31. The fraction of sp³-hybridized carbons (Fsp3) is 0.571. The molecule has 0 saturated carbocycles. The molecule has 2 aromatic rings. The number of hydrogen-bond acceptors (Lipinski definition) is 6. The van der Waals surface area contributed by atoms with Crippen LogP contribution in [-0.2, 0) is 19.4 Å². The van der Waals surface area contributed by atoms with Gasteiger partial charge >= 0.3 is 0 Å². The summed E-state index contributed by atoms with van der Waals surface area (Å²) in [5, 5.41) is 4.60. The number of fused-ring (bicyclic) bond motifs is 1. The van der Waals surface area contributed by atoms with Gasteiger partial charge in [-0.15, -0.1) is 0 Å². The number of benzene rings is 1. The number of aromatic nitrogens is 2. The quantitative estimate of drug-likeness (QED) is 0.614. The Morgan fingerprint density at radius 3 is 2.76 bits per heavy atom. The van der Waals surface area contributed by atoms with Crippen molar-refractivity contribution in [3.63, 3.8) is 0 Å². The Labute approximate surface area is 177 Å². The molecule has 4 rings (SSSR count). The van der Waals surface area contributed by atoms with E-state index in [-0.39, 0.29) is 0 Å². The van der Waals surface area contributed by atoms with E-state index in [2.05, 4.69) is 66.5 Å². The maximum Gasteiger partial charge on any atom is 0.205 e. The van der Waals surface area contributed by atoms with Gasteiger partial charge in [-0.25, -0.2) is 4.98 Å². The number of guanidine groups is 1. The Balaban J connectivity index is 1.32. The molecule has 0 spiro atoms. The van der Waals surface area contributed by atoms with Crippen molar-refractivity contribution >= 4 is 28.3 Å². The lowest BCUT2D eigenvalue weighted by atomic mass is 9.99. The van der Waals surface area contributed by atoms with Crippen LogP contribution in [0.1, 0.15) is 30.3 Å². The molecule has 0 unspecified atom stereocenters. The molecule has 7 nitrogen and oxygen atoms in total. The first kappa shape index (κ1) is 19.9. The van der Waals surface area contributed by atoms with Gasteiger partial charge in [0.25, 0.3) is 0 Å². The molecule has 1 aromatic carbocycles. The van der Waals surface area contributed by atoms with Gasteiger partial charge in [-0.05, 0) is 30.0 Å². The van der Waals surface area contributed by atoms with Crippen LogP contribution in [0.25, 0.3) is 0 Å². The maximum atomic E-state index is 4.62. The van der Waals surface area contributed by atoms with Gasteiger partial charge in [0, 0.05) is 77.0 Å². The zero-order valence-corrected chi connectivity index (χ0v) is 18.5. The van der Waals surface area contributed by atoms with Crippen molar-refractivity contribution in [3.8, 4) is 0 Å². The molecule has 0 radical (unpaired) electrons. The maximum absolute atomic E-state index is 4.62. The third-order valence-corrected chi connectivity index (χ3v) is 6.60. The topological polar surface area (TPSA) is 59.9 Å². The first-order chi connectivity index (χ1) is 14.2. The van der Waals surface area contributed by atoms with Crippen LogP contribution in [-0.4, -0.2) is 67.0 Å². The van der Waals surface area contributed by atoms with Gasteiger partial charge in [-0.2, -0.15) is 4.37 Å². The van der Waals surface area contributed by atoms with E-state index in [1.54, 1.807) is 0 Å². The number of hydrogen-bond donors (Lipinski definition) is 1. The number of anilines is 2. The highest BCUT2D eigenvalue weighted by Gasteiger charge is 2.22. The lowest BCUT2D eigenvalue weighted by Crippen LogP contribution is -2.52. The van der Waals surface area contributed by atoms with Gasteiger partial charge in [-0.3, -0.25) is 4.99 Å². The van der Waals surface area contributed by atoms with Crippen LogP contribution in [0.4, 0.5) is 10.8 Å². The molecule has 2 aliphatic rings. The van der Waals surface area contributed by atoms with Gasteiger partial charge in [-0.1, -0.05) is 19.1 Å². The molecular weight excluding hydrogens is 382 g/mol. The summed E-state index contributed by atoms with van der Waals surface area (Å²) in [5.41, 5.74) is 4.16. The van der Waals surface area contributed by atoms with E-state index in [4.69, 9.17) is 0 Å². The molecule has 3 heterocycles. The van der Waals surface area contributed by atoms with E-state index in [0.29, 0.717) is 0 Å². The summed E-state index contributed by atoms with van der Waals surface area (Å²) < 4.78 is 4.41. The zero-order chi connectivity index (χ0) is 20.2. The first-order valence-corrected chi connectivity index (χ1v) is 11.3. The SMILES string of the molecule is CCc1nsc(N2CCN(C(=NC)NCc3ccc4c(c3)CCCN4C)CC2)n1. The lowest BCUT2D eigenvalue weighted by molar-refractivity contribution is 0.372. The Bertz CT molecular complexity index is 854. The van der Waals surface area contributed by atoms with Crippen LogP contribution in [0.3, 0.4) is 0 Å². The summed E-state index contributed by atoms with van der Waals surface area (Å²) in [6, 6.07) is 6.85. The van der Waals surface area contributed by atoms with Crippen LogP contribution >= 0.6 is 11.5 Å². The van der Waals surface area contributed by atoms with E-state index >= 15 is 0 Å². The van der Waals surface area contributed by atoms with Crippen LogP contribution in [0, 0.1) is 0 Å². The second-order valence-corrected chi connectivity index (χ2v) is 8.44. The molecule has 29 heavy (non-hydrogen) atoms. The third-order valence-electron chi connectivity index (χ3n) is 5.78. The number of aryl methyl sites for hydroxylation is 2. The van der Waals surface area contributed by atoms with Crippen LogP contribution in [0.2, 0.25) is 0 Å². The highest BCUT2D eigenvalue weighted by Crippen LogP contribution is 2.26. The predicted molar refractivity (Wildman–Crippen MR) is 121 cm³/mol. The van der Waals surface area contributed by atoms with Gasteiger partial charge in [0.15, 0.2) is 5.96 Å². The van der Waals surface area contributed by atoms with E-state index < -0.39 is 0 Å². The number of piperazine rings is 1. The summed E-state index contributed by atoms with van der Waals surface area (Å²) >= 11 is 1.51. The van der Waals surface area contributed by atoms with Crippen LogP contribution < -0.4 is 15.1 Å². The van der Waals surface area contributed by atoms with E-state index in [1.165, 1.54) is 41.2 Å². The van der Waals surface area contributed by atoms with Crippen molar-refractivity contribution in [3.05, 3.63) is 35.2 Å². The highest BCUT2D eigenvalue weighted by atomic mass is 32.1. The molecule has 0 aliphatic carbocycles. The monoisotopic (exact) mass is 413 g/mol. The third kappa shape index (κ3) is 4.47. The smallest absolute Gasteiger partial charge is 0.205 e. The van der Waals surface area contributed by atoms with Crippen molar-refractivity contribution in [1.29, 1.82) is 0 Å². The lowest BCUT2D eigenvalue weighted by Gasteiger charge is -2.36. The van der Waals surface area contributed by atoms with E-state index in [1.807, 2.05) is 7.05 Å². The first-order valence-electron chi connectivity index (χ1n) is 10.5. The van der Waals surface area contributed by atoms with Gasteiger partial charge < -0.3 is 20.0 Å². The van der Waals surface area contributed by atoms with Crippen molar-refractivity contribution in [1.82, 2.24) is 19.6 Å². The zero-order valence-electron chi connectivity index (χ0n) is 17.7. The molecule has 8 heteroatoms. The van der Waals surface area contributed by atoms with Crippen LogP contribution in [0.5, 0.6) is 0 Å². The Morgan fingerprint density at radius 1 is 1.21 bits per heavy atom. The average Bonchev–Trinajstić information content (AvgIpc) is 3.24. The minimum Gasteiger partial charge on any atom is -0.374 e. The highest BCUT2D eigenvalue weighted by molar-refractivity contribution is 7.09. The van der Waals surface area contributed by atoms with Crippen LogP contribution in [0.15, 0.2) is 23.2 Å². The molecule has 1 saturated heterocycles. The minimum absolute atomic E-state index is 0.806. The van der Waals surface area contributed by atoms with E-state index in [9.17, 15) is 0 Å². The molecule has 2 aliphatic heterocycles. The molecule has 1 aromatic heterocycles. The molecule has 0 atom stereocenters. The summed E-state index contributed by atoms with van der Waals surface area (Å²) in [6.45, 7) is 7.83. The number of aliphatic imine (C=N–C) groups is 1. The summed E-state index contributed by atoms with van der Waals surface area (Å²) in [5.74, 6) is 1.92. The molecule has 156 valence electrons. The van der Waals surface area contributed by atoms with Crippen molar-refractivity contribution in [2.75, 3.05) is 56.6 Å². The Hall–Kier alpha value is -2.35. The van der Waals surface area contributed by atoms with Crippen molar-refractivity contribution in [2.24, 2.45) is 4.99 Å². The standard InChI is InChI=1S/C21H31N7S/c1-4-19-24-21(29-25-19)28-12-10-27(11-13-28)20(22-2)23-15-16-7-8-18-17(14-16)6-5-9-26(18)3/h7-8,14H,4-6,9-13,15H2,1-3H3,(H,22,23). The summed E-state index contributed by atoms with van der Waals surface area (Å²) in [4.78, 5) is 16.2. The predicted octanol–water partition coefficient (Wildman–Crippen LogP) is 2.38. The van der Waals surface area contributed by atoms with Crippen molar-refractivity contribution < 1.29 is 0 Å². The van der Waals surface area contributed by atoms with Crippen molar-refractivity contribution in [2.45, 2.75) is 32.7 Å². The fourth-order valence-corrected chi connectivity index (χ4v) is 4.89. The number of rotatable bonds is 4. The summed E-state index contributed by atoms with van der Waals surface area (Å²) in [7, 11) is 4.05. The molecule has 0 amide bonds. The fourth-order valence-electron chi connectivity index (χ4n) is 4.09. The minimum atomic E-state index is 0.806. The molecule has 1 N–H and O–H groups in total. The Kier molecular flexibility index (Phi) is 6.18. The van der Waals surface area contributed by atoms with Gasteiger partial charge in [0.05, 0.1) is 0 Å². The van der Waals surface area contributed by atoms with Gasteiger partial charge in [0.2, 0.25) is 5.13 Å². The molecular formula is C21H31N7S. The van der Waals surface area contributed by atoms with E-state index in [0.717, 1.165) is 62.6 Å². The second-order valence-electron chi connectivity index (χ2n) is 7.71.